The third-order valence-electron chi connectivity index (χ3n) is 5.43. The van der Waals surface area contributed by atoms with Crippen LogP contribution < -0.4 is 11.2 Å². The standard InChI is InChI=1S/C16H25N7S/c1-20-8-11-5-10(6-12(9-20)21(11)2)19-15-13(7-17)14(18)22(3)16(24)23(15)4/h10-12H,5-6,8-9,18H2,1-4H3. The van der Waals surface area contributed by atoms with Gasteiger partial charge in [0.2, 0.25) is 0 Å². The number of nitriles is 1. The molecule has 2 aliphatic heterocycles. The van der Waals surface area contributed by atoms with Gasteiger partial charge in [0.05, 0.1) is 6.04 Å². The van der Waals surface area contributed by atoms with Gasteiger partial charge in [-0.2, -0.15) is 5.26 Å². The Bertz CT molecular complexity index is 799. The summed E-state index contributed by atoms with van der Waals surface area (Å²) < 4.78 is 4.02. The number of piperidine rings is 1. The van der Waals surface area contributed by atoms with Gasteiger partial charge in [0.15, 0.2) is 10.3 Å². The molecule has 0 saturated carbocycles. The molecule has 0 aliphatic carbocycles. The van der Waals surface area contributed by atoms with Gasteiger partial charge in [-0.1, -0.05) is 0 Å². The van der Waals surface area contributed by atoms with Crippen LogP contribution >= 0.6 is 12.2 Å². The van der Waals surface area contributed by atoms with E-state index in [2.05, 4.69) is 30.0 Å². The first-order valence-electron chi connectivity index (χ1n) is 8.23. The molecule has 1 aromatic rings. The summed E-state index contributed by atoms with van der Waals surface area (Å²) >= 11 is 5.42. The summed E-state index contributed by atoms with van der Waals surface area (Å²) in [5.41, 5.74) is 7.11. The highest BCUT2D eigenvalue weighted by atomic mass is 32.1. The van der Waals surface area contributed by atoms with Crippen molar-refractivity contribution in [3.05, 3.63) is 15.8 Å². The first-order chi connectivity index (χ1) is 11.3. The van der Waals surface area contributed by atoms with Crippen LogP contribution in [0.15, 0.2) is 4.99 Å². The highest BCUT2D eigenvalue weighted by Gasteiger charge is 2.38. The van der Waals surface area contributed by atoms with Gasteiger partial charge >= 0.3 is 0 Å². The van der Waals surface area contributed by atoms with Crippen molar-refractivity contribution in [2.24, 2.45) is 19.1 Å². The van der Waals surface area contributed by atoms with E-state index in [1.54, 1.807) is 16.2 Å². The van der Waals surface area contributed by atoms with Gasteiger partial charge in [-0.3, -0.25) is 9.89 Å². The summed E-state index contributed by atoms with van der Waals surface area (Å²) in [6.07, 6.45) is 1.99. The molecule has 8 heteroatoms. The van der Waals surface area contributed by atoms with E-state index in [9.17, 15) is 5.26 Å². The predicted molar refractivity (Wildman–Crippen MR) is 95.8 cm³/mol. The Morgan fingerprint density at radius 3 is 2.25 bits per heavy atom. The van der Waals surface area contributed by atoms with Crippen molar-refractivity contribution in [3.63, 3.8) is 0 Å². The van der Waals surface area contributed by atoms with E-state index in [1.165, 1.54) is 0 Å². The van der Waals surface area contributed by atoms with Gasteiger partial charge in [0.1, 0.15) is 17.5 Å². The average molecular weight is 347 g/mol. The Morgan fingerprint density at radius 2 is 1.71 bits per heavy atom. The molecule has 0 radical (unpaired) electrons. The van der Waals surface area contributed by atoms with Crippen LogP contribution in [0.4, 0.5) is 5.82 Å². The molecule has 0 spiro atoms. The third kappa shape index (κ3) is 2.77. The number of likely N-dealkylation sites (tertiary alicyclic amines) is 1. The molecule has 2 fully saturated rings. The minimum Gasteiger partial charge on any atom is -0.384 e. The number of nitrogens with two attached hydrogens (primary N) is 1. The normalized spacial score (nSPS) is 28.8. The van der Waals surface area contributed by atoms with Crippen LogP contribution in [-0.2, 0) is 14.1 Å². The summed E-state index contributed by atoms with van der Waals surface area (Å²) in [4.78, 5) is 9.81. The van der Waals surface area contributed by atoms with Gasteiger partial charge in [-0.05, 0) is 39.2 Å². The smallest absolute Gasteiger partial charge is 0.182 e. The van der Waals surface area contributed by atoms with Gasteiger partial charge in [-0.25, -0.2) is 0 Å². The van der Waals surface area contributed by atoms with Crippen LogP contribution in [0.2, 0.25) is 0 Å². The number of rotatable bonds is 1. The molecule has 3 rings (SSSR count). The Hall–Kier alpha value is -1.69. The molecule has 24 heavy (non-hydrogen) atoms. The van der Waals surface area contributed by atoms with Gasteiger partial charge in [0.25, 0.3) is 0 Å². The molecular weight excluding hydrogens is 322 g/mol. The van der Waals surface area contributed by atoms with Gasteiger partial charge in [-0.15, -0.1) is 0 Å². The maximum Gasteiger partial charge on any atom is 0.182 e. The van der Waals surface area contributed by atoms with Crippen molar-refractivity contribution in [2.75, 3.05) is 32.9 Å². The quantitative estimate of drug-likeness (QED) is 0.736. The lowest BCUT2D eigenvalue weighted by Crippen LogP contribution is -2.60. The topological polar surface area (TPSA) is 78.5 Å². The number of nitrogen functional groups attached to an aromatic ring is 1. The lowest BCUT2D eigenvalue weighted by atomic mass is 9.88. The SMILES string of the molecule is CN1CC2CC(N=c3c(C#N)c(N)n(C)c(=S)n3C)CC(C1)N2C. The Balaban J connectivity index is 2.05. The third-order valence-corrected chi connectivity index (χ3v) is 5.98. The minimum absolute atomic E-state index is 0.199. The zero-order valence-corrected chi connectivity index (χ0v) is 15.5. The second-order valence-corrected chi connectivity index (χ2v) is 7.41. The molecule has 2 bridgehead atoms. The molecule has 7 nitrogen and oxygen atoms in total. The molecule has 130 valence electrons. The Labute approximate surface area is 147 Å². The first kappa shape index (κ1) is 17.1. The molecule has 2 unspecified atom stereocenters. The monoisotopic (exact) mass is 347 g/mol. The number of anilines is 1. The molecule has 2 aliphatic rings. The minimum atomic E-state index is 0.199. The van der Waals surface area contributed by atoms with Crippen molar-refractivity contribution < 1.29 is 0 Å². The van der Waals surface area contributed by atoms with E-state index in [1.807, 2.05) is 7.05 Å². The number of aromatic nitrogens is 2. The second-order valence-electron chi connectivity index (χ2n) is 7.04. The Kier molecular flexibility index (Phi) is 4.51. The lowest BCUT2D eigenvalue weighted by Gasteiger charge is -2.49. The van der Waals surface area contributed by atoms with Gasteiger partial charge in [0, 0.05) is 39.3 Å². The summed E-state index contributed by atoms with van der Waals surface area (Å²) in [5, 5.41) is 9.54. The van der Waals surface area contributed by atoms with E-state index in [0.29, 0.717) is 33.7 Å². The van der Waals surface area contributed by atoms with Crippen LogP contribution in [0, 0.1) is 16.1 Å². The number of piperazine rings is 1. The van der Waals surface area contributed by atoms with Crippen molar-refractivity contribution in [1.29, 1.82) is 5.26 Å². The zero-order chi connectivity index (χ0) is 17.6. The van der Waals surface area contributed by atoms with E-state index in [-0.39, 0.29) is 6.04 Å². The predicted octanol–water partition coefficient (Wildman–Crippen LogP) is 0.224. The van der Waals surface area contributed by atoms with E-state index in [4.69, 9.17) is 22.9 Å². The molecule has 0 aromatic carbocycles. The fraction of sp³-hybridized carbons (Fsp3) is 0.688. The lowest BCUT2D eigenvalue weighted by molar-refractivity contribution is 0.0138. The van der Waals surface area contributed by atoms with Crippen molar-refractivity contribution in [2.45, 2.75) is 31.0 Å². The average Bonchev–Trinajstić information content (AvgIpc) is 2.53. The largest absolute Gasteiger partial charge is 0.384 e. The van der Waals surface area contributed by atoms with Crippen LogP contribution in [-0.4, -0.2) is 64.2 Å². The van der Waals surface area contributed by atoms with Crippen molar-refractivity contribution in [3.8, 4) is 6.07 Å². The van der Waals surface area contributed by atoms with Gasteiger partial charge < -0.3 is 19.8 Å². The number of fused-ring (bicyclic) bond motifs is 2. The van der Waals surface area contributed by atoms with E-state index < -0.39 is 0 Å². The van der Waals surface area contributed by atoms with Crippen LogP contribution in [0.1, 0.15) is 18.4 Å². The summed E-state index contributed by atoms with van der Waals surface area (Å²) in [5.74, 6) is 0.382. The highest BCUT2D eigenvalue weighted by molar-refractivity contribution is 7.71. The number of nitrogens with zero attached hydrogens (tertiary/aromatic N) is 6. The van der Waals surface area contributed by atoms with Crippen molar-refractivity contribution >= 4 is 18.0 Å². The van der Waals surface area contributed by atoms with Crippen LogP contribution in [0.25, 0.3) is 0 Å². The number of likely N-dealkylation sites (N-methyl/N-ethyl adjacent to an activating group) is 2. The van der Waals surface area contributed by atoms with E-state index in [0.717, 1.165) is 25.9 Å². The molecule has 0 amide bonds. The summed E-state index contributed by atoms with van der Waals surface area (Å²) in [6, 6.07) is 3.42. The van der Waals surface area contributed by atoms with Crippen LogP contribution in [0.3, 0.4) is 0 Å². The first-order valence-corrected chi connectivity index (χ1v) is 8.64. The van der Waals surface area contributed by atoms with Crippen molar-refractivity contribution in [1.82, 2.24) is 18.9 Å². The maximum atomic E-state index is 9.54. The number of hydrogen-bond acceptors (Lipinski definition) is 6. The molecular formula is C16H25N7S. The summed E-state index contributed by atoms with van der Waals surface area (Å²) in [6.45, 7) is 2.13. The van der Waals surface area contributed by atoms with E-state index >= 15 is 0 Å². The Morgan fingerprint density at radius 1 is 1.12 bits per heavy atom. The summed E-state index contributed by atoms with van der Waals surface area (Å²) in [7, 11) is 8.02. The molecule has 3 heterocycles. The molecule has 2 atom stereocenters. The molecule has 2 saturated heterocycles. The fourth-order valence-corrected chi connectivity index (χ4v) is 4.15. The molecule has 2 N–H and O–H groups in total. The number of hydrogen-bond donors (Lipinski definition) is 1. The maximum absolute atomic E-state index is 9.54. The molecule has 1 aromatic heterocycles. The van der Waals surface area contributed by atoms with Crippen LogP contribution in [0.5, 0.6) is 0 Å². The second kappa shape index (κ2) is 6.31. The zero-order valence-electron chi connectivity index (χ0n) is 14.7. The fourth-order valence-electron chi connectivity index (χ4n) is 3.96. The highest BCUT2D eigenvalue weighted by Crippen LogP contribution is 2.28.